The molecule has 0 saturated carbocycles. The van der Waals surface area contributed by atoms with E-state index in [1.165, 1.54) is 25.1 Å². The molecule has 0 heterocycles. The summed E-state index contributed by atoms with van der Waals surface area (Å²) in [4.78, 5) is 34.2. The predicted molar refractivity (Wildman–Crippen MR) is 77.7 cm³/mol. The Labute approximate surface area is 122 Å². The first kappa shape index (κ1) is 16.2. The average Bonchev–Trinajstić information content (AvgIpc) is 2.44. The van der Waals surface area contributed by atoms with Gasteiger partial charge in [-0.3, -0.25) is 4.79 Å². The Bertz CT molecular complexity index is 557. The summed E-state index contributed by atoms with van der Waals surface area (Å²) < 4.78 is 5.03. The van der Waals surface area contributed by atoms with Crippen LogP contribution in [0.2, 0.25) is 0 Å². The van der Waals surface area contributed by atoms with E-state index in [1.807, 2.05) is 0 Å². The summed E-state index contributed by atoms with van der Waals surface area (Å²) in [6, 6.07) is 5.30. The highest BCUT2D eigenvalue weighted by molar-refractivity contribution is 5.94. The lowest BCUT2D eigenvalue weighted by Gasteiger charge is -2.13. The first-order chi connectivity index (χ1) is 9.93. The molecule has 0 saturated heterocycles. The normalized spacial score (nSPS) is 11.1. The predicted octanol–water partition coefficient (Wildman–Crippen LogP) is 1.02. The summed E-state index contributed by atoms with van der Waals surface area (Å²) in [6.07, 6.45) is 0.580. The maximum atomic E-state index is 11.9. The summed E-state index contributed by atoms with van der Waals surface area (Å²) in [6.45, 7) is 5.22. The van der Waals surface area contributed by atoms with Gasteiger partial charge in [0, 0.05) is 12.2 Å². The molecule has 3 amide bonds. The fourth-order valence-corrected chi connectivity index (χ4v) is 1.46. The van der Waals surface area contributed by atoms with Gasteiger partial charge in [-0.1, -0.05) is 12.1 Å². The zero-order valence-corrected chi connectivity index (χ0v) is 11.6. The molecule has 1 aromatic rings. The number of nitrogens with one attached hydrogen (secondary N) is 2. The summed E-state index contributed by atoms with van der Waals surface area (Å²) in [7, 11) is 0. The van der Waals surface area contributed by atoms with Crippen LogP contribution in [0.25, 0.3) is 0 Å². The van der Waals surface area contributed by atoms with Crippen LogP contribution in [-0.4, -0.2) is 30.6 Å². The molecular weight excluding hydrogens is 274 g/mol. The molecule has 1 rings (SSSR count). The van der Waals surface area contributed by atoms with Gasteiger partial charge in [-0.15, -0.1) is 6.58 Å². The van der Waals surface area contributed by atoms with Crippen LogP contribution in [-0.2, 0) is 9.53 Å². The number of urea groups is 1. The maximum Gasteiger partial charge on any atom is 0.338 e. The zero-order valence-electron chi connectivity index (χ0n) is 11.6. The molecule has 1 atom stereocenters. The largest absolute Gasteiger partial charge is 0.449 e. The number of hydrogen-bond acceptors (Lipinski definition) is 4. The second-order valence-corrected chi connectivity index (χ2v) is 4.15. The van der Waals surface area contributed by atoms with Crippen LogP contribution in [0.4, 0.5) is 10.5 Å². The van der Waals surface area contributed by atoms with Crippen LogP contribution in [0.1, 0.15) is 17.3 Å². The van der Waals surface area contributed by atoms with Crippen molar-refractivity contribution in [1.82, 2.24) is 5.32 Å². The van der Waals surface area contributed by atoms with E-state index < -0.39 is 24.0 Å². The second kappa shape index (κ2) is 7.68. The molecule has 0 bridgehead atoms. The highest BCUT2D eigenvalue weighted by Gasteiger charge is 2.18. The first-order valence-electron chi connectivity index (χ1n) is 6.20. The Hall–Kier alpha value is -2.83. The number of esters is 1. The van der Waals surface area contributed by atoms with Crippen molar-refractivity contribution in [2.45, 2.75) is 13.0 Å². The van der Waals surface area contributed by atoms with Crippen LogP contribution in [0, 0.1) is 0 Å². The number of carbonyl (C=O) groups excluding carboxylic acids is 3. The first-order valence-corrected chi connectivity index (χ1v) is 6.20. The minimum Gasteiger partial charge on any atom is -0.449 e. The van der Waals surface area contributed by atoms with E-state index in [1.54, 1.807) is 12.1 Å². The number of primary amides is 1. The summed E-state index contributed by atoms with van der Waals surface area (Å²) in [5.74, 6) is -1.10. The van der Waals surface area contributed by atoms with Crippen molar-refractivity contribution in [2.75, 3.05) is 11.9 Å². The minimum atomic E-state index is -0.940. The van der Waals surface area contributed by atoms with E-state index in [2.05, 4.69) is 17.2 Å². The molecule has 21 heavy (non-hydrogen) atoms. The molecular formula is C14H17N3O4. The molecule has 0 aromatic heterocycles. The van der Waals surface area contributed by atoms with Crippen molar-refractivity contribution in [3.8, 4) is 0 Å². The molecule has 1 aromatic carbocycles. The third-order valence-electron chi connectivity index (χ3n) is 2.44. The molecule has 0 spiro atoms. The van der Waals surface area contributed by atoms with Gasteiger partial charge in [0.1, 0.15) is 0 Å². The van der Waals surface area contributed by atoms with E-state index in [-0.39, 0.29) is 5.56 Å². The van der Waals surface area contributed by atoms with E-state index >= 15 is 0 Å². The summed E-state index contributed by atoms with van der Waals surface area (Å²) >= 11 is 0. The summed E-state index contributed by atoms with van der Waals surface area (Å²) in [5, 5.41) is 4.86. The number of amides is 3. The smallest absolute Gasteiger partial charge is 0.338 e. The van der Waals surface area contributed by atoms with Gasteiger partial charge in [-0.2, -0.15) is 0 Å². The van der Waals surface area contributed by atoms with Gasteiger partial charge in [0.2, 0.25) is 0 Å². The van der Waals surface area contributed by atoms with Crippen molar-refractivity contribution in [3.05, 3.63) is 42.5 Å². The highest BCUT2D eigenvalue weighted by atomic mass is 16.5. The van der Waals surface area contributed by atoms with Crippen LogP contribution in [0.15, 0.2) is 36.9 Å². The van der Waals surface area contributed by atoms with E-state index in [9.17, 15) is 14.4 Å². The minimum absolute atomic E-state index is 0.199. The lowest BCUT2D eigenvalue weighted by molar-refractivity contribution is -0.128. The Morgan fingerprint density at radius 2 is 2.14 bits per heavy atom. The van der Waals surface area contributed by atoms with Crippen molar-refractivity contribution in [2.24, 2.45) is 5.73 Å². The monoisotopic (exact) mass is 291 g/mol. The van der Waals surface area contributed by atoms with Gasteiger partial charge in [0.05, 0.1) is 5.56 Å². The van der Waals surface area contributed by atoms with Gasteiger partial charge >= 0.3 is 12.0 Å². The van der Waals surface area contributed by atoms with Crippen molar-refractivity contribution in [1.29, 1.82) is 0 Å². The lowest BCUT2D eigenvalue weighted by atomic mass is 10.2. The number of rotatable bonds is 6. The molecule has 4 N–H and O–H groups in total. The van der Waals surface area contributed by atoms with Crippen molar-refractivity contribution < 1.29 is 19.1 Å². The van der Waals surface area contributed by atoms with Crippen LogP contribution in [0.5, 0.6) is 0 Å². The Balaban J connectivity index is 2.68. The number of hydrogen-bond donors (Lipinski definition) is 3. The Morgan fingerprint density at radius 1 is 1.43 bits per heavy atom. The van der Waals surface area contributed by atoms with Crippen LogP contribution in [0.3, 0.4) is 0 Å². The molecule has 0 fully saturated rings. The molecule has 7 nitrogen and oxygen atoms in total. The Morgan fingerprint density at radius 3 is 2.76 bits per heavy atom. The maximum absolute atomic E-state index is 11.9. The van der Waals surface area contributed by atoms with Crippen molar-refractivity contribution in [3.63, 3.8) is 0 Å². The third-order valence-corrected chi connectivity index (χ3v) is 2.44. The molecule has 0 radical (unpaired) electrons. The molecule has 0 unspecified atom stereocenters. The number of benzene rings is 1. The van der Waals surface area contributed by atoms with Gasteiger partial charge in [0.15, 0.2) is 6.10 Å². The van der Waals surface area contributed by atoms with Gasteiger partial charge < -0.3 is 21.1 Å². The number of carbonyl (C=O) groups is 3. The third kappa shape index (κ3) is 5.35. The van der Waals surface area contributed by atoms with E-state index in [4.69, 9.17) is 10.5 Å². The lowest BCUT2D eigenvalue weighted by Crippen LogP contribution is -2.35. The number of anilines is 1. The van der Waals surface area contributed by atoms with Gasteiger partial charge in [0.25, 0.3) is 5.91 Å². The average molecular weight is 291 g/mol. The van der Waals surface area contributed by atoms with Crippen LogP contribution >= 0.6 is 0 Å². The van der Waals surface area contributed by atoms with E-state index in [0.717, 1.165) is 0 Å². The van der Waals surface area contributed by atoms with Crippen molar-refractivity contribution >= 4 is 23.6 Å². The van der Waals surface area contributed by atoms with Crippen LogP contribution < -0.4 is 16.4 Å². The second-order valence-electron chi connectivity index (χ2n) is 4.15. The molecule has 0 aliphatic rings. The summed E-state index contributed by atoms with van der Waals surface area (Å²) in [5.41, 5.74) is 5.55. The molecule has 0 aliphatic carbocycles. The molecule has 0 aliphatic heterocycles. The van der Waals surface area contributed by atoms with Gasteiger partial charge in [-0.25, -0.2) is 9.59 Å². The number of nitrogens with two attached hydrogens (primary N) is 1. The topological polar surface area (TPSA) is 111 Å². The fourth-order valence-electron chi connectivity index (χ4n) is 1.46. The highest BCUT2D eigenvalue weighted by Crippen LogP contribution is 2.12. The molecule has 7 heteroatoms. The zero-order chi connectivity index (χ0) is 15.8. The standard InChI is InChI=1S/C14H17N3O4/c1-3-7-16-12(18)9(2)21-13(19)10-5-4-6-11(8-10)17-14(15)20/h3-6,8-9H,1,7H2,2H3,(H,16,18)(H3,15,17,20)/t9-/m1/s1. The quantitative estimate of drug-likeness (QED) is 0.537. The van der Waals surface area contributed by atoms with Gasteiger partial charge in [-0.05, 0) is 25.1 Å². The Kier molecular flexibility index (Phi) is 5.94. The fraction of sp³-hybridized carbons (Fsp3) is 0.214. The van der Waals surface area contributed by atoms with E-state index in [0.29, 0.717) is 12.2 Å². The SMILES string of the molecule is C=CCNC(=O)[C@@H](C)OC(=O)c1cccc(NC(N)=O)c1. The number of ether oxygens (including phenoxy) is 1. The molecule has 112 valence electrons.